The number of amides is 3. The molecule has 2 aliphatic rings. The van der Waals surface area contributed by atoms with Crippen molar-refractivity contribution in [1.29, 1.82) is 0 Å². The molecule has 23 heavy (non-hydrogen) atoms. The van der Waals surface area contributed by atoms with Gasteiger partial charge in [-0.25, -0.2) is 0 Å². The predicted molar refractivity (Wildman–Crippen MR) is 71.2 cm³/mol. The van der Waals surface area contributed by atoms with Crippen LogP contribution in [0.3, 0.4) is 0 Å². The van der Waals surface area contributed by atoms with Crippen molar-refractivity contribution in [2.75, 3.05) is 0 Å². The first-order valence-electron chi connectivity index (χ1n) is 6.75. The molecule has 2 heterocycles. The van der Waals surface area contributed by atoms with Crippen LogP contribution in [0.15, 0.2) is 18.2 Å². The van der Waals surface area contributed by atoms with Crippen LogP contribution < -0.4 is 62.2 Å². The van der Waals surface area contributed by atoms with Gasteiger partial charge >= 0.3 is 58.4 Å². The average Bonchev–Trinajstić information content (AvgIpc) is 2.75. The summed E-state index contributed by atoms with van der Waals surface area (Å²) in [5.41, 5.74) is -0.337. The number of halogens is 3. The Hall–Kier alpha value is -0.679. The maximum atomic E-state index is 12.8. The maximum Gasteiger partial charge on any atom is 1.00 e. The molecule has 116 valence electrons. The van der Waals surface area contributed by atoms with Crippen LogP contribution in [-0.2, 0) is 16.1 Å². The summed E-state index contributed by atoms with van der Waals surface area (Å²) in [6, 6.07) is 2.16. The van der Waals surface area contributed by atoms with E-state index < -0.39 is 36.2 Å². The predicted octanol–water partition coefficient (Wildman–Crippen LogP) is -2.49. The molecular weight excluding hydrogens is 339 g/mol. The molecule has 0 aromatic heterocycles. The average molecular weight is 350 g/mol. The Kier molecular flexibility index (Phi) is 5.41. The molecule has 10 heteroatoms. The monoisotopic (exact) mass is 350 g/mol. The Morgan fingerprint density at radius 3 is 2.48 bits per heavy atom. The molecule has 1 atom stereocenters. The van der Waals surface area contributed by atoms with Gasteiger partial charge in [0.2, 0.25) is 11.8 Å². The molecule has 0 bridgehead atoms. The Labute approximate surface area is 172 Å². The topological polar surface area (TPSA) is 66.5 Å². The molecule has 1 saturated heterocycles. The molecule has 1 aromatic carbocycles. The first-order valence-corrected chi connectivity index (χ1v) is 6.75. The van der Waals surface area contributed by atoms with Crippen LogP contribution in [0.5, 0.6) is 0 Å². The number of carbonyl (C=O) groups is 3. The molecule has 1 unspecified atom stereocenters. The third kappa shape index (κ3) is 3.55. The zero-order chi connectivity index (χ0) is 16.1. The zero-order valence-corrected chi connectivity index (χ0v) is 15.4. The summed E-state index contributed by atoms with van der Waals surface area (Å²) in [7, 11) is 0. The quantitative estimate of drug-likeness (QED) is 0.474. The van der Waals surface area contributed by atoms with Crippen molar-refractivity contribution in [3.63, 3.8) is 0 Å². The van der Waals surface area contributed by atoms with Crippen LogP contribution in [0, 0.1) is 0 Å². The molecule has 1 fully saturated rings. The summed E-state index contributed by atoms with van der Waals surface area (Å²) in [5, 5.41) is 2.14. The fourth-order valence-corrected chi connectivity index (χ4v) is 2.80. The van der Waals surface area contributed by atoms with Crippen molar-refractivity contribution in [1.82, 2.24) is 10.2 Å². The summed E-state index contributed by atoms with van der Waals surface area (Å²) in [4.78, 5) is 36.4. The molecular formula is C13H11BF3KN2O3. The molecule has 1 aromatic rings. The van der Waals surface area contributed by atoms with Crippen LogP contribution in [0.4, 0.5) is 12.9 Å². The first-order chi connectivity index (χ1) is 10.3. The van der Waals surface area contributed by atoms with Crippen molar-refractivity contribution in [2.45, 2.75) is 25.4 Å². The van der Waals surface area contributed by atoms with Crippen LogP contribution in [0.1, 0.15) is 28.8 Å². The van der Waals surface area contributed by atoms with Crippen LogP contribution in [0.2, 0.25) is 0 Å². The largest absolute Gasteiger partial charge is 1.00 e. The molecule has 0 saturated carbocycles. The molecule has 1 N–H and O–H groups in total. The fraction of sp³-hybridized carbons (Fsp3) is 0.308. The van der Waals surface area contributed by atoms with Gasteiger partial charge in [0.25, 0.3) is 5.91 Å². The number of benzene rings is 1. The van der Waals surface area contributed by atoms with Crippen LogP contribution in [-0.4, -0.2) is 35.6 Å². The van der Waals surface area contributed by atoms with E-state index in [1.807, 2.05) is 0 Å². The van der Waals surface area contributed by atoms with Gasteiger partial charge in [0, 0.05) is 18.5 Å². The third-order valence-electron chi connectivity index (χ3n) is 3.93. The minimum Gasteiger partial charge on any atom is -0.445 e. The van der Waals surface area contributed by atoms with Crippen molar-refractivity contribution >= 4 is 30.2 Å². The summed E-state index contributed by atoms with van der Waals surface area (Å²) < 4.78 is 38.3. The van der Waals surface area contributed by atoms with Crippen molar-refractivity contribution in [3.8, 4) is 0 Å². The number of carbonyl (C=O) groups excluding carboxylic acids is 3. The maximum absolute atomic E-state index is 12.8. The van der Waals surface area contributed by atoms with Gasteiger partial charge in [-0.2, -0.15) is 0 Å². The minimum atomic E-state index is -5.14. The van der Waals surface area contributed by atoms with E-state index in [2.05, 4.69) is 5.32 Å². The number of nitrogens with one attached hydrogen (secondary N) is 1. The minimum absolute atomic E-state index is 0. The summed E-state index contributed by atoms with van der Waals surface area (Å²) >= 11 is 0. The van der Waals surface area contributed by atoms with E-state index in [0.29, 0.717) is 0 Å². The fourth-order valence-electron chi connectivity index (χ4n) is 2.80. The summed E-state index contributed by atoms with van der Waals surface area (Å²) in [6.45, 7) is -5.19. The van der Waals surface area contributed by atoms with Crippen molar-refractivity contribution < 1.29 is 78.7 Å². The number of fused-ring (bicyclic) bond motifs is 1. The first kappa shape index (κ1) is 18.7. The van der Waals surface area contributed by atoms with Crippen LogP contribution >= 0.6 is 0 Å². The Morgan fingerprint density at radius 1 is 1.17 bits per heavy atom. The van der Waals surface area contributed by atoms with Gasteiger partial charge in [0.15, 0.2) is 0 Å². The summed E-state index contributed by atoms with van der Waals surface area (Å²) in [5.74, 6) is -1.48. The van der Waals surface area contributed by atoms with Gasteiger partial charge < -0.3 is 17.8 Å². The smallest absolute Gasteiger partial charge is 0.445 e. The van der Waals surface area contributed by atoms with Gasteiger partial charge in [-0.05, 0) is 12.0 Å². The van der Waals surface area contributed by atoms with Gasteiger partial charge in [0.1, 0.15) is 6.04 Å². The number of rotatable bonds is 2. The van der Waals surface area contributed by atoms with E-state index in [9.17, 15) is 27.3 Å². The SMILES string of the molecule is O=C1CCC(N2Cc3cc([B-](F)(F)F)ccc3C2=O)C(=O)N1.[K+]. The number of hydrogen-bond donors (Lipinski definition) is 1. The molecule has 3 amide bonds. The van der Waals surface area contributed by atoms with E-state index >= 15 is 0 Å². The van der Waals surface area contributed by atoms with Gasteiger partial charge in [-0.3, -0.25) is 19.7 Å². The van der Waals surface area contributed by atoms with Gasteiger partial charge in [-0.15, -0.1) is 5.46 Å². The van der Waals surface area contributed by atoms with E-state index in [1.165, 1.54) is 4.90 Å². The van der Waals surface area contributed by atoms with E-state index in [1.54, 1.807) is 0 Å². The normalized spacial score (nSPS) is 20.9. The number of hydrogen-bond acceptors (Lipinski definition) is 3. The Balaban J connectivity index is 0.00000192. The Bertz CT molecular complexity index is 696. The molecule has 3 rings (SSSR count). The second-order valence-electron chi connectivity index (χ2n) is 5.39. The summed E-state index contributed by atoms with van der Waals surface area (Å²) in [6.07, 6.45) is 0.286. The third-order valence-corrected chi connectivity index (χ3v) is 3.93. The zero-order valence-electron chi connectivity index (χ0n) is 12.3. The number of piperidine rings is 1. The van der Waals surface area contributed by atoms with Crippen molar-refractivity contribution in [3.05, 3.63) is 29.3 Å². The molecule has 5 nitrogen and oxygen atoms in total. The number of nitrogens with zero attached hydrogens (tertiary/aromatic N) is 1. The van der Waals surface area contributed by atoms with Crippen LogP contribution in [0.25, 0.3) is 0 Å². The molecule has 2 aliphatic heterocycles. The molecule has 0 radical (unpaired) electrons. The Morgan fingerprint density at radius 2 is 1.87 bits per heavy atom. The second kappa shape index (κ2) is 6.67. The molecule has 0 spiro atoms. The van der Waals surface area contributed by atoms with E-state index in [4.69, 9.17) is 0 Å². The standard InChI is InChI=1S/C13H11BF3N2O3.K/c15-14(16,17)8-1-2-9-7(5-8)6-19(13(9)22)10-3-4-11(20)18-12(10)21;/h1-2,5,10H,3-4,6H2,(H,18,20,21);/q-1;+1. The van der Waals surface area contributed by atoms with E-state index in [-0.39, 0.29) is 81.9 Å². The van der Waals surface area contributed by atoms with Gasteiger partial charge in [0.05, 0.1) is 0 Å². The van der Waals surface area contributed by atoms with E-state index in [0.717, 1.165) is 18.2 Å². The van der Waals surface area contributed by atoms with Crippen molar-refractivity contribution in [2.24, 2.45) is 0 Å². The molecule has 0 aliphatic carbocycles. The second-order valence-corrected chi connectivity index (χ2v) is 5.39. The van der Waals surface area contributed by atoms with Gasteiger partial charge in [-0.1, -0.05) is 18.2 Å². The number of imide groups is 1.